The van der Waals surface area contributed by atoms with Crippen LogP contribution in [0, 0.1) is 0 Å². The van der Waals surface area contributed by atoms with Crippen molar-refractivity contribution in [2.45, 2.75) is 0 Å². The molecule has 5 aromatic heterocycles. The fraction of sp³-hybridized carbons (Fsp3) is 0. The average Bonchev–Trinajstić information content (AvgIpc) is 4.19. The quantitative estimate of drug-likeness (QED) is 0.166. The third kappa shape index (κ3) is 6.02. The molecule has 0 unspecified atom stereocenters. The van der Waals surface area contributed by atoms with Gasteiger partial charge in [0.25, 0.3) is 0 Å². The first-order valence-electron chi connectivity index (χ1n) is 23.4. The molecule has 70 heavy (non-hydrogen) atoms. The lowest BCUT2D eigenvalue weighted by atomic mass is 9.93. The molecule has 0 aliphatic rings. The van der Waals surface area contributed by atoms with E-state index in [4.69, 9.17) is 23.8 Å². The summed E-state index contributed by atoms with van der Waals surface area (Å²) >= 11 is 1.83. The maximum absolute atomic E-state index is 6.67. The van der Waals surface area contributed by atoms with Crippen LogP contribution < -0.4 is 0 Å². The predicted molar refractivity (Wildman–Crippen MR) is 289 cm³/mol. The molecule has 0 amide bonds. The average molecular weight is 913 g/mol. The van der Waals surface area contributed by atoms with E-state index in [1.165, 1.54) is 30.9 Å². The van der Waals surface area contributed by atoms with E-state index in [0.29, 0.717) is 17.5 Å². The van der Waals surface area contributed by atoms with Gasteiger partial charge in [0.15, 0.2) is 17.5 Å². The van der Waals surface area contributed by atoms with Crippen molar-refractivity contribution >= 4 is 97.2 Å². The van der Waals surface area contributed by atoms with Crippen LogP contribution in [0.2, 0.25) is 0 Å². The van der Waals surface area contributed by atoms with E-state index in [1.54, 1.807) is 0 Å². The Morgan fingerprint density at radius 2 is 0.929 bits per heavy atom. The summed E-state index contributed by atoms with van der Waals surface area (Å²) in [5, 5.41) is 9.04. The molecule has 5 heterocycles. The van der Waals surface area contributed by atoms with E-state index in [0.717, 1.165) is 99.5 Å². The van der Waals surface area contributed by atoms with E-state index >= 15 is 0 Å². The van der Waals surface area contributed by atoms with E-state index in [-0.39, 0.29) is 0 Å². The molecule has 0 N–H and O–H groups in total. The van der Waals surface area contributed by atoms with Gasteiger partial charge in [-0.3, -0.25) is 0 Å². The molecule has 0 spiro atoms. The zero-order chi connectivity index (χ0) is 45.9. The van der Waals surface area contributed by atoms with E-state index < -0.39 is 0 Å². The Hall–Kier alpha value is -9.17. The second-order valence-corrected chi connectivity index (χ2v) is 19.0. The molecule has 0 aliphatic heterocycles. The molecule has 10 aromatic carbocycles. The van der Waals surface area contributed by atoms with Crippen molar-refractivity contribution in [3.63, 3.8) is 0 Å². The molecule has 15 rings (SSSR count). The summed E-state index contributed by atoms with van der Waals surface area (Å²) in [4.78, 5) is 15.7. The van der Waals surface area contributed by atoms with Crippen LogP contribution >= 0.6 is 11.3 Å². The summed E-state index contributed by atoms with van der Waals surface area (Å²) in [6.45, 7) is 0. The third-order valence-corrected chi connectivity index (χ3v) is 15.0. The minimum absolute atomic E-state index is 0.562. The van der Waals surface area contributed by atoms with Crippen molar-refractivity contribution < 1.29 is 8.83 Å². The van der Waals surface area contributed by atoms with Gasteiger partial charge in [0.05, 0.1) is 11.0 Å². The van der Waals surface area contributed by atoms with Crippen LogP contribution in [0.3, 0.4) is 0 Å². The Labute approximate surface area is 404 Å². The summed E-state index contributed by atoms with van der Waals surface area (Å²) in [6, 6.07) is 76.7. The molecule has 0 bridgehead atoms. The van der Waals surface area contributed by atoms with Gasteiger partial charge in [-0.1, -0.05) is 146 Å². The van der Waals surface area contributed by atoms with Gasteiger partial charge in [0.1, 0.15) is 22.3 Å². The van der Waals surface area contributed by atoms with Gasteiger partial charge in [-0.2, -0.15) is 0 Å². The smallest absolute Gasteiger partial charge is 0.164 e. The normalized spacial score (nSPS) is 12.0. The van der Waals surface area contributed by atoms with Gasteiger partial charge < -0.3 is 13.4 Å². The van der Waals surface area contributed by atoms with E-state index in [1.807, 2.05) is 59.9 Å². The van der Waals surface area contributed by atoms with Crippen molar-refractivity contribution in [3.05, 3.63) is 218 Å². The van der Waals surface area contributed by atoms with Crippen LogP contribution in [-0.2, 0) is 0 Å². The number of aromatic nitrogens is 4. The zero-order valence-corrected chi connectivity index (χ0v) is 38.1. The first kappa shape index (κ1) is 38.9. The number of hydrogen-bond acceptors (Lipinski definition) is 6. The van der Waals surface area contributed by atoms with Crippen molar-refractivity contribution in [1.82, 2.24) is 19.5 Å². The van der Waals surface area contributed by atoms with Gasteiger partial charge in [-0.05, 0) is 95.1 Å². The lowest BCUT2D eigenvalue weighted by molar-refractivity contribution is 0.669. The largest absolute Gasteiger partial charge is 0.456 e. The monoisotopic (exact) mass is 912 g/mol. The fourth-order valence-corrected chi connectivity index (χ4v) is 11.8. The van der Waals surface area contributed by atoms with E-state index in [9.17, 15) is 0 Å². The number of para-hydroxylation sites is 3. The summed E-state index contributed by atoms with van der Waals surface area (Å²) in [5.41, 5.74) is 13.5. The fourth-order valence-electron chi connectivity index (χ4n) is 10.7. The van der Waals surface area contributed by atoms with Gasteiger partial charge >= 0.3 is 0 Å². The molecule has 0 saturated heterocycles. The van der Waals surface area contributed by atoms with Gasteiger partial charge in [0.2, 0.25) is 0 Å². The minimum Gasteiger partial charge on any atom is -0.456 e. The lowest BCUT2D eigenvalue weighted by Crippen LogP contribution is -2.01. The molecule has 6 nitrogen and oxygen atoms in total. The van der Waals surface area contributed by atoms with Crippen LogP contribution in [0.5, 0.6) is 0 Å². The number of furan rings is 2. The molecule has 0 fully saturated rings. The maximum Gasteiger partial charge on any atom is 0.164 e. The molecule has 15 aromatic rings. The summed E-state index contributed by atoms with van der Waals surface area (Å²) in [7, 11) is 0. The molecule has 0 radical (unpaired) electrons. The van der Waals surface area contributed by atoms with Crippen molar-refractivity contribution in [1.29, 1.82) is 0 Å². The first-order valence-corrected chi connectivity index (χ1v) is 24.2. The lowest BCUT2D eigenvalue weighted by Gasteiger charge is -2.12. The number of benzene rings is 10. The highest BCUT2D eigenvalue weighted by Gasteiger charge is 2.22. The summed E-state index contributed by atoms with van der Waals surface area (Å²) in [5.74, 6) is 1.73. The van der Waals surface area contributed by atoms with Crippen LogP contribution in [0.25, 0.3) is 148 Å². The Morgan fingerprint density at radius 1 is 0.314 bits per heavy atom. The van der Waals surface area contributed by atoms with Crippen LogP contribution in [-0.4, -0.2) is 19.5 Å². The second-order valence-electron chi connectivity index (χ2n) is 17.9. The number of nitrogens with zero attached hydrogens (tertiary/aromatic N) is 4. The molecule has 7 heteroatoms. The summed E-state index contributed by atoms with van der Waals surface area (Å²) < 4.78 is 18.2. The molecule has 0 saturated carbocycles. The molecule has 0 atom stereocenters. The topological polar surface area (TPSA) is 69.9 Å². The number of thiophene rings is 1. The number of hydrogen-bond donors (Lipinski definition) is 0. The highest BCUT2D eigenvalue weighted by atomic mass is 32.1. The Bertz CT molecular complexity index is 4560. The maximum atomic E-state index is 6.67. The predicted octanol–water partition coefficient (Wildman–Crippen LogP) is 17.5. The molecule has 326 valence electrons. The number of rotatable bonds is 6. The molecular formula is C63H36N4O2S. The Kier molecular flexibility index (Phi) is 8.43. The standard InChI is InChI=1S/C63H36N4O2S/c1-2-14-37(15-3-1)61-64-62(40-16-12-17-42(32-40)67-51-23-8-4-18-43(51)44-19-5-9-24-52(44)67)66-63(65-61)48-22-13-26-55-60(48)50-33-39(29-31-54(50)68-55)49-34-41(35-56-59(49)47-21-6-10-25-53(47)69-56)38-28-30-46-45-20-7-11-27-57(45)70-58(46)36-38/h1-36H. The van der Waals surface area contributed by atoms with Crippen molar-refractivity contribution in [2.75, 3.05) is 0 Å². The zero-order valence-electron chi connectivity index (χ0n) is 37.3. The summed E-state index contributed by atoms with van der Waals surface area (Å²) in [6.07, 6.45) is 0. The molecular weight excluding hydrogens is 877 g/mol. The highest BCUT2D eigenvalue weighted by Crippen LogP contribution is 2.45. The minimum atomic E-state index is 0.562. The third-order valence-electron chi connectivity index (χ3n) is 13.8. The highest BCUT2D eigenvalue weighted by molar-refractivity contribution is 7.25. The van der Waals surface area contributed by atoms with Crippen LogP contribution in [0.1, 0.15) is 0 Å². The number of fused-ring (bicyclic) bond motifs is 12. The van der Waals surface area contributed by atoms with Gasteiger partial charge in [0, 0.05) is 74.9 Å². The SMILES string of the molecule is c1ccc(-c2nc(-c3cccc(-n4c5ccccc5c5ccccc54)c3)nc(-c3cccc4oc5ccc(-c6cc(-c7ccc8c(c7)sc7ccccc78)cc7oc8ccccc8c67)cc5c34)n2)cc1. The van der Waals surface area contributed by atoms with Crippen molar-refractivity contribution in [3.8, 4) is 62.1 Å². The van der Waals surface area contributed by atoms with Crippen LogP contribution in [0.4, 0.5) is 0 Å². The Balaban J connectivity index is 0.918. The molecule has 0 aliphatic carbocycles. The second kappa shape index (κ2) is 15.2. The van der Waals surface area contributed by atoms with Crippen LogP contribution in [0.15, 0.2) is 227 Å². The van der Waals surface area contributed by atoms with Crippen molar-refractivity contribution in [2.24, 2.45) is 0 Å². The van der Waals surface area contributed by atoms with Gasteiger partial charge in [-0.15, -0.1) is 11.3 Å². The first-order chi connectivity index (χ1) is 34.7. The Morgan fingerprint density at radius 3 is 1.77 bits per heavy atom. The van der Waals surface area contributed by atoms with E-state index in [2.05, 4.69) is 174 Å². The van der Waals surface area contributed by atoms with Gasteiger partial charge in [-0.25, -0.2) is 15.0 Å².